The molecular weight excluding hydrogens is 805 g/mol. The fourth-order valence-corrected chi connectivity index (χ4v) is 7.27. The molecule has 0 aromatic heterocycles. The second-order valence-corrected chi connectivity index (χ2v) is 17.1. The van der Waals surface area contributed by atoms with Crippen molar-refractivity contribution in [2.45, 2.75) is 250 Å². The number of carboxylic acids is 1. The first-order valence-corrected chi connectivity index (χ1v) is 25.0. The van der Waals surface area contributed by atoms with Gasteiger partial charge in [0.1, 0.15) is 18.8 Å². The summed E-state index contributed by atoms with van der Waals surface area (Å²) in [6.07, 6.45) is 31.5. The fourth-order valence-electron chi connectivity index (χ4n) is 7.27. The molecule has 63 heavy (non-hydrogen) atoms. The van der Waals surface area contributed by atoms with Crippen molar-refractivity contribution in [1.82, 2.24) is 0 Å². The Hall–Kier alpha value is -3.06. The van der Waals surface area contributed by atoms with Gasteiger partial charge in [-0.1, -0.05) is 166 Å². The van der Waals surface area contributed by atoms with E-state index >= 15 is 0 Å². The molecule has 364 valence electrons. The van der Waals surface area contributed by atoms with Gasteiger partial charge in [-0.25, -0.2) is 4.79 Å². The summed E-state index contributed by atoms with van der Waals surface area (Å²) < 4.78 is 28.2. The Kier molecular flexibility index (Phi) is 37.2. The molecule has 1 aliphatic rings. The minimum atomic E-state index is -1.90. The van der Waals surface area contributed by atoms with Crippen LogP contribution in [0.25, 0.3) is 0 Å². The summed E-state index contributed by atoms with van der Waals surface area (Å²) in [4.78, 5) is 50.6. The lowest BCUT2D eigenvalue weighted by Crippen LogP contribution is -2.61. The molecule has 12 heteroatoms. The number of aliphatic hydroxyl groups excluding tert-OH is 2. The average molecular weight is 893 g/mol. The molecule has 0 aromatic carbocycles. The Morgan fingerprint density at radius 1 is 0.524 bits per heavy atom. The van der Waals surface area contributed by atoms with Gasteiger partial charge in [-0.3, -0.25) is 14.4 Å². The first-order valence-electron chi connectivity index (χ1n) is 25.0. The average Bonchev–Trinajstić information content (AvgIpc) is 3.26. The van der Waals surface area contributed by atoms with E-state index in [2.05, 4.69) is 57.2 Å². The highest BCUT2D eigenvalue weighted by molar-refractivity contribution is 5.74. The summed E-state index contributed by atoms with van der Waals surface area (Å²) in [5, 5.41) is 31.2. The van der Waals surface area contributed by atoms with E-state index in [1.165, 1.54) is 44.9 Å². The fraction of sp³-hybridized carbons (Fsp3) is 0.804. The van der Waals surface area contributed by atoms with Crippen LogP contribution >= 0.6 is 0 Å². The summed E-state index contributed by atoms with van der Waals surface area (Å²) in [6, 6.07) is 0. The second kappa shape index (κ2) is 40.4. The van der Waals surface area contributed by atoms with Crippen LogP contribution in [0.5, 0.6) is 0 Å². The smallest absolute Gasteiger partial charge is 0.335 e. The summed E-state index contributed by atoms with van der Waals surface area (Å²) in [5.41, 5.74) is 0. The minimum absolute atomic E-state index is 0.0506. The molecule has 0 spiro atoms. The zero-order chi connectivity index (χ0) is 46.2. The van der Waals surface area contributed by atoms with E-state index in [0.29, 0.717) is 19.3 Å². The molecule has 3 N–H and O–H groups in total. The van der Waals surface area contributed by atoms with Gasteiger partial charge in [0.25, 0.3) is 0 Å². The Labute approximate surface area is 381 Å². The molecule has 0 aromatic rings. The predicted molar refractivity (Wildman–Crippen MR) is 248 cm³/mol. The van der Waals surface area contributed by atoms with Gasteiger partial charge in [0.2, 0.25) is 0 Å². The molecule has 0 aliphatic carbocycles. The van der Waals surface area contributed by atoms with Crippen molar-refractivity contribution in [3.63, 3.8) is 0 Å². The van der Waals surface area contributed by atoms with E-state index in [0.717, 1.165) is 109 Å². The zero-order valence-corrected chi connectivity index (χ0v) is 39.6. The highest BCUT2D eigenvalue weighted by Crippen LogP contribution is 2.26. The highest BCUT2D eigenvalue weighted by Gasteiger charge is 2.50. The largest absolute Gasteiger partial charge is 0.479 e. The van der Waals surface area contributed by atoms with Gasteiger partial charge in [0, 0.05) is 19.3 Å². The number of hydrogen-bond donors (Lipinski definition) is 3. The molecule has 1 rings (SSSR count). The lowest BCUT2D eigenvalue weighted by Gasteiger charge is -2.40. The van der Waals surface area contributed by atoms with Crippen LogP contribution in [0.1, 0.15) is 213 Å². The number of carbonyl (C=O) groups is 4. The third kappa shape index (κ3) is 31.5. The van der Waals surface area contributed by atoms with Crippen LogP contribution in [-0.2, 0) is 42.9 Å². The topological polar surface area (TPSA) is 175 Å². The van der Waals surface area contributed by atoms with Crippen molar-refractivity contribution in [3.05, 3.63) is 36.5 Å². The lowest BCUT2D eigenvalue weighted by atomic mass is 9.98. The summed E-state index contributed by atoms with van der Waals surface area (Å²) in [5.74, 6) is -3.15. The van der Waals surface area contributed by atoms with Gasteiger partial charge in [0.05, 0.1) is 6.61 Å². The van der Waals surface area contributed by atoms with Gasteiger partial charge in [-0.2, -0.15) is 0 Å². The van der Waals surface area contributed by atoms with E-state index in [4.69, 9.17) is 23.7 Å². The molecule has 0 bridgehead atoms. The number of aliphatic carboxylic acids is 1. The summed E-state index contributed by atoms with van der Waals surface area (Å²) in [6.45, 7) is 5.81. The lowest BCUT2D eigenvalue weighted by molar-refractivity contribution is -0.301. The second-order valence-electron chi connectivity index (χ2n) is 17.1. The quantitative estimate of drug-likeness (QED) is 0.0230. The molecule has 1 heterocycles. The van der Waals surface area contributed by atoms with Crippen LogP contribution in [-0.4, -0.2) is 89.2 Å². The number of unbranched alkanes of at least 4 members (excludes halogenated alkanes) is 21. The Balaban J connectivity index is 2.75. The van der Waals surface area contributed by atoms with Crippen LogP contribution < -0.4 is 0 Å². The maximum Gasteiger partial charge on any atom is 0.335 e. The SMILES string of the molecule is CCC/C=C\C/C=C\CCCCCCCC(=O)OCC(COC1OC(C(=O)O)C(O)C(O)C1OC(=O)CCCCCCC/C=C\CCCC)OC(=O)CCCCCCCCCCC. The van der Waals surface area contributed by atoms with Gasteiger partial charge in [-0.15, -0.1) is 0 Å². The van der Waals surface area contributed by atoms with E-state index < -0.39 is 67.3 Å². The van der Waals surface area contributed by atoms with E-state index in [1.807, 2.05) is 0 Å². The van der Waals surface area contributed by atoms with Crippen molar-refractivity contribution >= 4 is 23.9 Å². The van der Waals surface area contributed by atoms with Gasteiger partial charge in [0.15, 0.2) is 24.6 Å². The normalized spacial score (nSPS) is 19.5. The molecule has 0 saturated carbocycles. The first-order chi connectivity index (χ1) is 30.6. The summed E-state index contributed by atoms with van der Waals surface area (Å²) in [7, 11) is 0. The Morgan fingerprint density at radius 2 is 1.00 bits per heavy atom. The highest BCUT2D eigenvalue weighted by atomic mass is 16.7. The number of carbonyl (C=O) groups excluding carboxylic acids is 3. The van der Waals surface area contributed by atoms with Gasteiger partial charge >= 0.3 is 23.9 Å². The summed E-state index contributed by atoms with van der Waals surface area (Å²) >= 11 is 0. The van der Waals surface area contributed by atoms with Crippen LogP contribution in [0.4, 0.5) is 0 Å². The van der Waals surface area contributed by atoms with Crippen molar-refractivity contribution in [2.75, 3.05) is 13.2 Å². The monoisotopic (exact) mass is 893 g/mol. The number of rotatable bonds is 41. The third-order valence-corrected chi connectivity index (χ3v) is 11.2. The standard InChI is InChI=1S/C51H88O12/c1-4-7-10-13-16-19-21-22-24-26-28-31-34-37-43(52)59-40-42(61-44(53)38-35-32-29-25-18-15-12-9-6-3)41-60-51-49(47(56)46(55)48(63-51)50(57)58)62-45(54)39-36-33-30-27-23-20-17-14-11-8-5-2/h10,13-14,17,19,21,42,46-49,51,55-56H,4-9,11-12,15-16,18,20,22-41H2,1-3H3,(H,57,58)/b13-10-,17-14-,21-19-. The van der Waals surface area contributed by atoms with Gasteiger partial charge in [-0.05, 0) is 64.2 Å². The van der Waals surface area contributed by atoms with E-state index in [-0.39, 0.29) is 25.9 Å². The minimum Gasteiger partial charge on any atom is -0.479 e. The Morgan fingerprint density at radius 3 is 1.56 bits per heavy atom. The van der Waals surface area contributed by atoms with E-state index in [1.54, 1.807) is 0 Å². The molecule has 6 unspecified atom stereocenters. The molecule has 1 fully saturated rings. The predicted octanol–water partition coefficient (Wildman–Crippen LogP) is 11.3. The molecule has 6 atom stereocenters. The Bertz CT molecular complexity index is 1250. The molecule has 0 amide bonds. The molecule has 1 saturated heterocycles. The number of hydrogen-bond acceptors (Lipinski definition) is 11. The number of aliphatic hydroxyl groups is 2. The van der Waals surface area contributed by atoms with Crippen LogP contribution in [0.15, 0.2) is 36.5 Å². The maximum atomic E-state index is 13.0. The number of carboxylic acid groups (broad SMARTS) is 1. The van der Waals surface area contributed by atoms with Gasteiger partial charge < -0.3 is 39.0 Å². The van der Waals surface area contributed by atoms with Crippen LogP contribution in [0, 0.1) is 0 Å². The number of allylic oxidation sites excluding steroid dienone is 6. The van der Waals surface area contributed by atoms with Crippen molar-refractivity contribution < 1.29 is 58.2 Å². The van der Waals surface area contributed by atoms with Crippen LogP contribution in [0.2, 0.25) is 0 Å². The van der Waals surface area contributed by atoms with Crippen molar-refractivity contribution in [3.8, 4) is 0 Å². The zero-order valence-electron chi connectivity index (χ0n) is 39.6. The molecule has 1 aliphatic heterocycles. The molecule has 0 radical (unpaired) electrons. The van der Waals surface area contributed by atoms with Crippen molar-refractivity contribution in [1.29, 1.82) is 0 Å². The maximum absolute atomic E-state index is 13.0. The number of ether oxygens (including phenoxy) is 5. The first kappa shape index (κ1) is 58.0. The van der Waals surface area contributed by atoms with Crippen molar-refractivity contribution in [2.24, 2.45) is 0 Å². The molecular formula is C51H88O12. The molecule has 12 nitrogen and oxygen atoms in total. The third-order valence-electron chi connectivity index (χ3n) is 11.2. The van der Waals surface area contributed by atoms with E-state index in [9.17, 15) is 34.5 Å². The number of esters is 3. The van der Waals surface area contributed by atoms with Crippen LogP contribution in [0.3, 0.4) is 0 Å².